The lowest BCUT2D eigenvalue weighted by atomic mass is 10.1. The van der Waals surface area contributed by atoms with E-state index in [4.69, 9.17) is 38.9 Å². The second-order valence-corrected chi connectivity index (χ2v) is 11.1. The molecule has 2 atom stereocenters. The average molecular weight is 598 g/mol. The first-order valence-corrected chi connectivity index (χ1v) is 14.3. The molecule has 0 amide bonds. The third kappa shape index (κ3) is 14.4. The van der Waals surface area contributed by atoms with Crippen LogP contribution in [0.5, 0.6) is 11.5 Å². The molecule has 0 aliphatic heterocycles. The first-order chi connectivity index (χ1) is 19.6. The highest BCUT2D eigenvalue weighted by Crippen LogP contribution is 2.31. The Hall–Kier alpha value is -3.54. The summed E-state index contributed by atoms with van der Waals surface area (Å²) in [5, 5.41) is 0. The number of carbonyl (C=O) groups is 4. The van der Waals surface area contributed by atoms with Crippen molar-refractivity contribution < 1.29 is 52.3 Å². The fourth-order valence-corrected chi connectivity index (χ4v) is 3.04. The van der Waals surface area contributed by atoms with Gasteiger partial charge in [-0.1, -0.05) is 39.7 Å². The van der Waals surface area contributed by atoms with Gasteiger partial charge in [0, 0.05) is 0 Å². The fourth-order valence-electron chi connectivity index (χ4n) is 3.04. The first kappa shape index (κ1) is 36.5. The Morgan fingerprint density at radius 3 is 1.93 bits per heavy atom. The topological polar surface area (TPSA) is 159 Å². The molecule has 0 unspecified atom stereocenters. The Morgan fingerprint density at radius 1 is 0.810 bits per heavy atom. The Kier molecular flexibility index (Phi) is 15.1. The van der Waals surface area contributed by atoms with Gasteiger partial charge in [-0.25, -0.2) is 14.4 Å². The summed E-state index contributed by atoms with van der Waals surface area (Å²) in [6.45, 7) is 14.2. The molecule has 42 heavy (non-hydrogen) atoms. The van der Waals surface area contributed by atoms with Crippen LogP contribution in [0.1, 0.15) is 93.1 Å². The first-order valence-electron chi connectivity index (χ1n) is 14.3. The lowest BCUT2D eigenvalue weighted by Crippen LogP contribution is -2.36. The molecule has 0 aliphatic rings. The Labute approximate surface area is 248 Å². The predicted octanol–water partition coefficient (Wildman–Crippen LogP) is 6.24. The molecule has 2 N–H and O–H groups in total. The van der Waals surface area contributed by atoms with Crippen molar-refractivity contribution in [1.29, 1.82) is 0 Å². The number of rotatable bonds is 16. The number of hydrogen-bond donors (Lipinski definition) is 1. The van der Waals surface area contributed by atoms with Crippen molar-refractivity contribution in [2.24, 2.45) is 5.73 Å². The standard InChI is InChI=1S/C30H47NO11/c1-9-12-13-16-36-26(33)38-20(4)19-37-25(32)22(31)17-21-14-15-23(39-27(34)41-29(5,6)10-2)24(18-21)40-28(35)42-30(7,8)11-3/h14-15,18,20,22H,9-13,16-17,19,31H2,1-8H3/t20-,22-/m0/s1. The van der Waals surface area contributed by atoms with E-state index in [9.17, 15) is 19.2 Å². The van der Waals surface area contributed by atoms with E-state index in [0.29, 0.717) is 18.4 Å². The molecule has 0 aliphatic carbocycles. The summed E-state index contributed by atoms with van der Waals surface area (Å²) in [7, 11) is 0. The maximum absolute atomic E-state index is 12.5. The van der Waals surface area contributed by atoms with Crippen LogP contribution in [0, 0.1) is 0 Å². The molecule has 0 heterocycles. The van der Waals surface area contributed by atoms with E-state index < -0.39 is 47.8 Å². The van der Waals surface area contributed by atoms with E-state index in [1.165, 1.54) is 12.1 Å². The summed E-state index contributed by atoms with van der Waals surface area (Å²) in [6, 6.07) is 3.25. The second kappa shape index (κ2) is 17.4. The highest BCUT2D eigenvalue weighted by atomic mass is 16.8. The molecular weight excluding hydrogens is 550 g/mol. The zero-order chi connectivity index (χ0) is 31.9. The summed E-state index contributed by atoms with van der Waals surface area (Å²) in [5.41, 5.74) is 4.96. The Balaban J connectivity index is 2.88. The molecule has 0 spiro atoms. The summed E-state index contributed by atoms with van der Waals surface area (Å²) >= 11 is 0. The molecule has 1 aromatic carbocycles. The minimum absolute atomic E-state index is 0.00695. The van der Waals surface area contributed by atoms with Crippen LogP contribution in [0.25, 0.3) is 0 Å². The van der Waals surface area contributed by atoms with Gasteiger partial charge in [0.25, 0.3) is 0 Å². The van der Waals surface area contributed by atoms with Crippen molar-refractivity contribution in [1.82, 2.24) is 0 Å². The maximum atomic E-state index is 12.5. The van der Waals surface area contributed by atoms with Gasteiger partial charge in [-0.3, -0.25) is 4.79 Å². The summed E-state index contributed by atoms with van der Waals surface area (Å²) in [5.74, 6) is -0.958. The van der Waals surface area contributed by atoms with Gasteiger partial charge in [0.1, 0.15) is 30.0 Å². The third-order valence-corrected chi connectivity index (χ3v) is 6.30. The van der Waals surface area contributed by atoms with Crippen LogP contribution in [-0.2, 0) is 34.9 Å². The van der Waals surface area contributed by atoms with Crippen molar-refractivity contribution in [3.8, 4) is 11.5 Å². The zero-order valence-electron chi connectivity index (χ0n) is 26.1. The molecule has 238 valence electrons. The number of unbranched alkanes of at least 4 members (excludes halogenated alkanes) is 2. The fraction of sp³-hybridized carbons (Fsp3) is 0.667. The van der Waals surface area contributed by atoms with Crippen molar-refractivity contribution >= 4 is 24.4 Å². The minimum atomic E-state index is -1.10. The van der Waals surface area contributed by atoms with E-state index in [-0.39, 0.29) is 31.1 Å². The van der Waals surface area contributed by atoms with Crippen molar-refractivity contribution in [2.75, 3.05) is 13.2 Å². The number of nitrogens with two attached hydrogens (primary N) is 1. The minimum Gasteiger partial charge on any atom is -0.461 e. The highest BCUT2D eigenvalue weighted by Gasteiger charge is 2.27. The molecule has 0 fully saturated rings. The van der Waals surface area contributed by atoms with Crippen LogP contribution in [0.15, 0.2) is 18.2 Å². The molecular formula is C30H47NO11. The van der Waals surface area contributed by atoms with E-state index in [0.717, 1.165) is 19.3 Å². The summed E-state index contributed by atoms with van der Waals surface area (Å²) < 4.78 is 36.6. The monoisotopic (exact) mass is 597 g/mol. The smallest absolute Gasteiger partial charge is 0.461 e. The van der Waals surface area contributed by atoms with E-state index >= 15 is 0 Å². The van der Waals surface area contributed by atoms with Crippen molar-refractivity contribution in [2.45, 2.75) is 117 Å². The van der Waals surface area contributed by atoms with Gasteiger partial charge >= 0.3 is 24.4 Å². The van der Waals surface area contributed by atoms with Gasteiger partial charge in [-0.15, -0.1) is 0 Å². The number of esters is 1. The van der Waals surface area contributed by atoms with Crippen LogP contribution in [0.4, 0.5) is 14.4 Å². The van der Waals surface area contributed by atoms with E-state index in [1.807, 2.05) is 20.8 Å². The van der Waals surface area contributed by atoms with Gasteiger partial charge < -0.3 is 38.9 Å². The van der Waals surface area contributed by atoms with Crippen LogP contribution < -0.4 is 15.2 Å². The largest absolute Gasteiger partial charge is 0.514 e. The molecule has 12 heteroatoms. The number of benzene rings is 1. The van der Waals surface area contributed by atoms with E-state index in [2.05, 4.69) is 0 Å². The Bertz CT molecular complexity index is 1040. The lowest BCUT2D eigenvalue weighted by Gasteiger charge is -2.24. The molecule has 12 nitrogen and oxygen atoms in total. The van der Waals surface area contributed by atoms with Gasteiger partial charge in [0.15, 0.2) is 11.5 Å². The number of carbonyl (C=O) groups excluding carboxylic acids is 4. The Morgan fingerprint density at radius 2 is 1.38 bits per heavy atom. The molecule has 0 saturated carbocycles. The van der Waals surface area contributed by atoms with E-state index in [1.54, 1.807) is 40.7 Å². The van der Waals surface area contributed by atoms with Crippen molar-refractivity contribution in [3.63, 3.8) is 0 Å². The highest BCUT2D eigenvalue weighted by molar-refractivity contribution is 5.76. The number of hydrogen-bond acceptors (Lipinski definition) is 12. The van der Waals surface area contributed by atoms with Crippen LogP contribution in [0.2, 0.25) is 0 Å². The predicted molar refractivity (Wildman–Crippen MR) is 153 cm³/mol. The molecule has 1 rings (SSSR count). The lowest BCUT2D eigenvalue weighted by molar-refractivity contribution is -0.148. The van der Waals surface area contributed by atoms with Gasteiger partial charge in [-0.2, -0.15) is 0 Å². The third-order valence-electron chi connectivity index (χ3n) is 6.30. The average Bonchev–Trinajstić information content (AvgIpc) is 2.90. The normalized spacial score (nSPS) is 12.9. The van der Waals surface area contributed by atoms with Gasteiger partial charge in [0.05, 0.1) is 6.61 Å². The van der Waals surface area contributed by atoms with Crippen LogP contribution >= 0.6 is 0 Å². The molecule has 0 aromatic heterocycles. The van der Waals surface area contributed by atoms with Gasteiger partial charge in [-0.05, 0) is 78.0 Å². The number of ether oxygens (including phenoxy) is 7. The molecule has 0 saturated heterocycles. The quantitative estimate of drug-likeness (QED) is 0.0990. The van der Waals surface area contributed by atoms with Crippen LogP contribution in [0.3, 0.4) is 0 Å². The van der Waals surface area contributed by atoms with Crippen molar-refractivity contribution in [3.05, 3.63) is 23.8 Å². The summed E-state index contributed by atoms with van der Waals surface area (Å²) in [6.07, 6.45) is 0.172. The zero-order valence-corrected chi connectivity index (χ0v) is 26.1. The van der Waals surface area contributed by atoms with Crippen LogP contribution in [-0.4, -0.2) is 61.0 Å². The van der Waals surface area contributed by atoms with Gasteiger partial charge in [0.2, 0.25) is 0 Å². The molecule has 1 aromatic rings. The SMILES string of the molecule is CCCCCOC(=O)O[C@@H](C)COC(=O)[C@@H](N)Cc1ccc(OC(=O)OC(C)(C)CC)c(OC(=O)OC(C)(C)CC)c1. The molecule has 0 bridgehead atoms. The second-order valence-electron chi connectivity index (χ2n) is 11.1. The molecule has 0 radical (unpaired) electrons. The summed E-state index contributed by atoms with van der Waals surface area (Å²) in [4.78, 5) is 49.1. The maximum Gasteiger partial charge on any atom is 0.514 e.